The van der Waals surface area contributed by atoms with E-state index in [9.17, 15) is 0 Å². The maximum Gasteiger partial charge on any atom is 0.0165 e. The topological polar surface area (TPSA) is 3.24 Å². The minimum absolute atomic E-state index is 0.590. The number of allylic oxidation sites excluding steroid dienone is 1. The van der Waals surface area contributed by atoms with Crippen LogP contribution in [-0.2, 0) is 0 Å². The molecule has 0 bridgehead atoms. The van der Waals surface area contributed by atoms with Crippen LogP contribution in [0.3, 0.4) is 0 Å². The van der Waals surface area contributed by atoms with Crippen molar-refractivity contribution in [3.05, 3.63) is 11.6 Å². The van der Waals surface area contributed by atoms with Crippen LogP contribution in [0.2, 0.25) is 0 Å². The average molecular weight is 179 g/mol. The molecule has 13 heavy (non-hydrogen) atoms. The van der Waals surface area contributed by atoms with Crippen LogP contribution in [0.5, 0.6) is 0 Å². The molecule has 0 amide bonds. The minimum atomic E-state index is 0.590. The summed E-state index contributed by atoms with van der Waals surface area (Å²) < 4.78 is 0. The van der Waals surface area contributed by atoms with E-state index in [0.717, 1.165) is 6.04 Å². The highest BCUT2D eigenvalue weighted by Crippen LogP contribution is 2.47. The van der Waals surface area contributed by atoms with Crippen LogP contribution in [0.1, 0.15) is 39.5 Å². The number of nitrogens with zero attached hydrogens (tertiary/aromatic N) is 1. The van der Waals surface area contributed by atoms with Crippen LogP contribution in [0.4, 0.5) is 0 Å². The fourth-order valence-electron chi connectivity index (χ4n) is 2.18. The lowest BCUT2D eigenvalue weighted by Gasteiger charge is -2.20. The van der Waals surface area contributed by atoms with E-state index in [1.807, 2.05) is 0 Å². The Morgan fingerprint density at radius 1 is 1.46 bits per heavy atom. The Morgan fingerprint density at radius 2 is 2.08 bits per heavy atom. The maximum absolute atomic E-state index is 2.51. The normalized spacial score (nSPS) is 30.2. The molecule has 0 saturated heterocycles. The lowest BCUT2D eigenvalue weighted by Crippen LogP contribution is -2.24. The Kier molecular flexibility index (Phi) is 2.23. The van der Waals surface area contributed by atoms with Crippen molar-refractivity contribution >= 4 is 0 Å². The third kappa shape index (κ3) is 1.96. The van der Waals surface area contributed by atoms with Gasteiger partial charge in [0.15, 0.2) is 0 Å². The second-order valence-electron chi connectivity index (χ2n) is 5.36. The molecule has 2 aliphatic carbocycles. The quantitative estimate of drug-likeness (QED) is 0.602. The molecule has 0 aliphatic heterocycles. The van der Waals surface area contributed by atoms with E-state index in [-0.39, 0.29) is 0 Å². The highest BCUT2D eigenvalue weighted by atomic mass is 15.2. The van der Waals surface area contributed by atoms with Gasteiger partial charge in [0, 0.05) is 12.6 Å². The molecule has 0 heterocycles. The maximum atomic E-state index is 2.51. The molecule has 0 radical (unpaired) electrons. The van der Waals surface area contributed by atoms with Crippen LogP contribution >= 0.6 is 0 Å². The summed E-state index contributed by atoms with van der Waals surface area (Å²) in [7, 11) is 2.26. The summed E-state index contributed by atoms with van der Waals surface area (Å²) in [4.78, 5) is 2.51. The molecule has 1 nitrogen and oxygen atoms in total. The van der Waals surface area contributed by atoms with Gasteiger partial charge in [0.25, 0.3) is 0 Å². The first-order chi connectivity index (χ1) is 6.09. The molecular weight excluding hydrogens is 158 g/mol. The van der Waals surface area contributed by atoms with E-state index < -0.39 is 0 Å². The van der Waals surface area contributed by atoms with Crippen molar-refractivity contribution in [2.24, 2.45) is 5.41 Å². The summed E-state index contributed by atoms with van der Waals surface area (Å²) in [6.45, 7) is 5.90. The van der Waals surface area contributed by atoms with Crippen LogP contribution in [0.25, 0.3) is 0 Å². The third-order valence-electron chi connectivity index (χ3n) is 3.66. The summed E-state index contributed by atoms with van der Waals surface area (Å²) in [5.41, 5.74) is 2.28. The lowest BCUT2D eigenvalue weighted by molar-refractivity contribution is 0.314. The lowest BCUT2D eigenvalue weighted by atomic mass is 9.92. The van der Waals surface area contributed by atoms with Crippen molar-refractivity contribution in [2.75, 3.05) is 13.6 Å². The zero-order chi connectivity index (χ0) is 9.47. The Hall–Kier alpha value is -0.300. The first-order valence-corrected chi connectivity index (χ1v) is 5.48. The highest BCUT2D eigenvalue weighted by molar-refractivity contribution is 5.11. The fourth-order valence-corrected chi connectivity index (χ4v) is 2.18. The molecule has 2 saturated carbocycles. The Bertz CT molecular complexity index is 221. The monoisotopic (exact) mass is 179 g/mol. The van der Waals surface area contributed by atoms with E-state index in [2.05, 4.69) is 31.9 Å². The Labute approximate surface area is 81.8 Å². The molecule has 2 rings (SSSR count). The molecule has 0 N–H and O–H groups in total. The van der Waals surface area contributed by atoms with Gasteiger partial charge in [-0.25, -0.2) is 0 Å². The third-order valence-corrected chi connectivity index (χ3v) is 3.66. The van der Waals surface area contributed by atoms with Gasteiger partial charge < -0.3 is 0 Å². The van der Waals surface area contributed by atoms with Crippen LogP contribution in [-0.4, -0.2) is 24.5 Å². The average Bonchev–Trinajstić information content (AvgIpc) is 2.56. The zero-order valence-electron chi connectivity index (χ0n) is 9.14. The zero-order valence-corrected chi connectivity index (χ0v) is 9.14. The standard InChI is InChI=1S/C12H21N/c1-12(2)9-11(12)13(3)8-7-10-5-4-6-10/h7,11H,4-6,8-9H2,1-3H3. The van der Waals surface area contributed by atoms with Crippen molar-refractivity contribution in [1.29, 1.82) is 0 Å². The summed E-state index contributed by atoms with van der Waals surface area (Å²) in [6.07, 6.45) is 7.97. The molecule has 74 valence electrons. The smallest absolute Gasteiger partial charge is 0.0165 e. The van der Waals surface area contributed by atoms with E-state index in [1.165, 1.54) is 32.2 Å². The molecular formula is C12H21N. The minimum Gasteiger partial charge on any atom is -0.299 e. The van der Waals surface area contributed by atoms with E-state index >= 15 is 0 Å². The van der Waals surface area contributed by atoms with Gasteiger partial charge in [-0.1, -0.05) is 25.5 Å². The van der Waals surface area contributed by atoms with Gasteiger partial charge in [0.05, 0.1) is 0 Å². The highest BCUT2D eigenvalue weighted by Gasteiger charge is 2.47. The number of hydrogen-bond donors (Lipinski definition) is 0. The Balaban J connectivity index is 1.76. The molecule has 0 aromatic carbocycles. The van der Waals surface area contributed by atoms with Gasteiger partial charge in [-0.3, -0.25) is 4.90 Å². The summed E-state index contributed by atoms with van der Waals surface area (Å²) in [6, 6.07) is 0.837. The molecule has 0 spiro atoms. The van der Waals surface area contributed by atoms with E-state index in [1.54, 1.807) is 5.57 Å². The largest absolute Gasteiger partial charge is 0.299 e. The Morgan fingerprint density at radius 3 is 2.46 bits per heavy atom. The van der Waals surface area contributed by atoms with Gasteiger partial charge >= 0.3 is 0 Å². The molecule has 2 fully saturated rings. The van der Waals surface area contributed by atoms with Gasteiger partial charge in [-0.2, -0.15) is 0 Å². The molecule has 1 unspecified atom stereocenters. The molecule has 1 atom stereocenters. The molecule has 2 aliphatic rings. The predicted molar refractivity (Wildman–Crippen MR) is 56.8 cm³/mol. The van der Waals surface area contributed by atoms with Gasteiger partial charge in [-0.15, -0.1) is 0 Å². The van der Waals surface area contributed by atoms with Crippen LogP contribution in [0, 0.1) is 5.41 Å². The van der Waals surface area contributed by atoms with Crippen molar-refractivity contribution in [3.63, 3.8) is 0 Å². The number of hydrogen-bond acceptors (Lipinski definition) is 1. The first kappa shape index (κ1) is 9.26. The number of rotatable bonds is 3. The summed E-state index contributed by atoms with van der Waals surface area (Å²) >= 11 is 0. The fraction of sp³-hybridized carbons (Fsp3) is 0.833. The SMILES string of the molecule is CN(CC=C1CCC1)C1CC1(C)C. The van der Waals surface area contributed by atoms with Crippen molar-refractivity contribution in [2.45, 2.75) is 45.6 Å². The van der Waals surface area contributed by atoms with Crippen LogP contribution in [0.15, 0.2) is 11.6 Å². The van der Waals surface area contributed by atoms with Crippen molar-refractivity contribution in [1.82, 2.24) is 4.90 Å². The second-order valence-corrected chi connectivity index (χ2v) is 5.36. The molecule has 0 aromatic rings. The van der Waals surface area contributed by atoms with Gasteiger partial charge in [0.1, 0.15) is 0 Å². The van der Waals surface area contributed by atoms with Gasteiger partial charge in [0.2, 0.25) is 0 Å². The van der Waals surface area contributed by atoms with Crippen molar-refractivity contribution in [3.8, 4) is 0 Å². The first-order valence-electron chi connectivity index (χ1n) is 5.48. The summed E-state index contributed by atoms with van der Waals surface area (Å²) in [5.74, 6) is 0. The van der Waals surface area contributed by atoms with Crippen molar-refractivity contribution < 1.29 is 0 Å². The van der Waals surface area contributed by atoms with E-state index in [4.69, 9.17) is 0 Å². The van der Waals surface area contributed by atoms with Crippen LogP contribution < -0.4 is 0 Å². The predicted octanol–water partition coefficient (Wildman–Crippen LogP) is 2.83. The number of likely N-dealkylation sites (N-methyl/N-ethyl adjacent to an activating group) is 1. The van der Waals surface area contributed by atoms with Gasteiger partial charge in [-0.05, 0) is 38.1 Å². The van der Waals surface area contributed by atoms with E-state index in [0.29, 0.717) is 5.41 Å². The molecule has 1 heteroatoms. The molecule has 0 aromatic heterocycles. The summed E-state index contributed by atoms with van der Waals surface area (Å²) in [5, 5.41) is 0. The second kappa shape index (κ2) is 3.13.